The second kappa shape index (κ2) is 5.64. The van der Waals surface area contributed by atoms with Gasteiger partial charge in [0.05, 0.1) is 16.8 Å². The average molecular weight is 286 g/mol. The second-order valence-electron chi connectivity index (χ2n) is 4.22. The molecule has 0 heterocycles. The molecule has 2 aromatic carbocycles. The molecular weight excluding hydrogens is 274 g/mol. The van der Waals surface area contributed by atoms with Crippen LogP contribution in [-0.4, -0.2) is 13.0 Å². The van der Waals surface area contributed by atoms with Crippen molar-refractivity contribution in [2.45, 2.75) is 0 Å². The van der Waals surface area contributed by atoms with E-state index in [9.17, 15) is 4.79 Å². The number of nitrogens with zero attached hydrogens (tertiary/aromatic N) is 2. The monoisotopic (exact) mass is 285 g/mol. The first-order valence-electron chi connectivity index (χ1n) is 5.87. The fourth-order valence-corrected chi connectivity index (χ4v) is 2.06. The van der Waals surface area contributed by atoms with E-state index in [0.717, 1.165) is 0 Å². The first-order chi connectivity index (χ1) is 9.54. The van der Waals surface area contributed by atoms with Gasteiger partial charge in [-0.15, -0.1) is 0 Å². The molecule has 2 rings (SSSR count). The van der Waals surface area contributed by atoms with Crippen LogP contribution in [0.25, 0.3) is 0 Å². The predicted octanol–water partition coefficient (Wildman–Crippen LogP) is 3.07. The molecule has 0 aliphatic heterocycles. The molecule has 0 aromatic heterocycles. The van der Waals surface area contributed by atoms with Gasteiger partial charge in [0.25, 0.3) is 5.91 Å². The van der Waals surface area contributed by atoms with Gasteiger partial charge >= 0.3 is 0 Å². The molecule has 0 aliphatic carbocycles. The standard InChI is InChI=1S/C15H12ClN3O/c1-19(14-5-3-2-4-10(14)9-17)15(20)12-7-6-11(16)8-13(12)18/h2-8H,18H2,1H3. The van der Waals surface area contributed by atoms with Crippen LogP contribution < -0.4 is 10.6 Å². The van der Waals surface area contributed by atoms with Crippen LogP contribution in [0.2, 0.25) is 5.02 Å². The van der Waals surface area contributed by atoms with Crippen molar-refractivity contribution < 1.29 is 4.79 Å². The van der Waals surface area contributed by atoms with Crippen molar-refractivity contribution >= 4 is 28.9 Å². The van der Waals surface area contributed by atoms with Gasteiger partial charge in [-0.1, -0.05) is 23.7 Å². The lowest BCUT2D eigenvalue weighted by Crippen LogP contribution is -2.27. The summed E-state index contributed by atoms with van der Waals surface area (Å²) in [6, 6.07) is 13.7. The lowest BCUT2D eigenvalue weighted by Gasteiger charge is -2.19. The van der Waals surface area contributed by atoms with Crippen LogP contribution in [0.3, 0.4) is 0 Å². The van der Waals surface area contributed by atoms with Crippen LogP contribution >= 0.6 is 11.6 Å². The molecule has 4 nitrogen and oxygen atoms in total. The highest BCUT2D eigenvalue weighted by molar-refractivity contribution is 6.31. The summed E-state index contributed by atoms with van der Waals surface area (Å²) in [5.41, 5.74) is 7.44. The number of carbonyl (C=O) groups excluding carboxylic acids is 1. The van der Waals surface area contributed by atoms with Crippen molar-refractivity contribution in [3.8, 4) is 6.07 Å². The van der Waals surface area contributed by atoms with E-state index in [1.54, 1.807) is 43.4 Å². The third-order valence-electron chi connectivity index (χ3n) is 2.93. The minimum absolute atomic E-state index is 0.290. The maximum atomic E-state index is 12.4. The van der Waals surface area contributed by atoms with Crippen molar-refractivity contribution in [1.29, 1.82) is 5.26 Å². The zero-order valence-corrected chi connectivity index (χ0v) is 11.6. The molecule has 0 bridgehead atoms. The first kappa shape index (κ1) is 13.9. The number of hydrogen-bond acceptors (Lipinski definition) is 3. The highest BCUT2D eigenvalue weighted by atomic mass is 35.5. The van der Waals surface area contributed by atoms with Gasteiger partial charge in [-0.3, -0.25) is 4.79 Å². The Morgan fingerprint density at radius 1 is 1.30 bits per heavy atom. The van der Waals surface area contributed by atoms with E-state index in [4.69, 9.17) is 22.6 Å². The van der Waals surface area contributed by atoms with Crippen LogP contribution in [0.1, 0.15) is 15.9 Å². The minimum Gasteiger partial charge on any atom is -0.398 e. The maximum Gasteiger partial charge on any atom is 0.260 e. The van der Waals surface area contributed by atoms with Gasteiger partial charge < -0.3 is 10.6 Å². The van der Waals surface area contributed by atoms with Crippen LogP contribution in [0, 0.1) is 11.3 Å². The second-order valence-corrected chi connectivity index (χ2v) is 4.66. The molecular formula is C15H12ClN3O. The summed E-state index contributed by atoms with van der Waals surface area (Å²) in [5, 5.41) is 9.55. The van der Waals surface area contributed by atoms with E-state index in [2.05, 4.69) is 6.07 Å². The molecule has 0 unspecified atom stereocenters. The van der Waals surface area contributed by atoms with Crippen molar-refractivity contribution in [2.75, 3.05) is 17.7 Å². The summed E-state index contributed by atoms with van der Waals surface area (Å²) >= 11 is 5.82. The SMILES string of the molecule is CN(C(=O)c1ccc(Cl)cc1N)c1ccccc1C#N. The van der Waals surface area contributed by atoms with Gasteiger partial charge in [-0.2, -0.15) is 5.26 Å². The molecule has 0 radical (unpaired) electrons. The molecule has 2 N–H and O–H groups in total. The highest BCUT2D eigenvalue weighted by Crippen LogP contribution is 2.24. The molecule has 100 valence electrons. The normalized spacial score (nSPS) is 9.85. The number of halogens is 1. The molecule has 0 atom stereocenters. The summed E-state index contributed by atoms with van der Waals surface area (Å²) in [4.78, 5) is 13.8. The average Bonchev–Trinajstić information content (AvgIpc) is 2.45. The smallest absolute Gasteiger partial charge is 0.260 e. The molecule has 2 aromatic rings. The van der Waals surface area contributed by atoms with Crippen molar-refractivity contribution in [1.82, 2.24) is 0 Å². The Morgan fingerprint density at radius 3 is 2.65 bits per heavy atom. The third-order valence-corrected chi connectivity index (χ3v) is 3.17. The number of anilines is 2. The van der Waals surface area contributed by atoms with E-state index < -0.39 is 0 Å². The predicted molar refractivity (Wildman–Crippen MR) is 79.8 cm³/mol. The molecule has 20 heavy (non-hydrogen) atoms. The summed E-state index contributed by atoms with van der Waals surface area (Å²) in [7, 11) is 1.60. The number of carbonyl (C=O) groups is 1. The zero-order valence-electron chi connectivity index (χ0n) is 10.8. The number of hydrogen-bond donors (Lipinski definition) is 1. The summed E-state index contributed by atoms with van der Waals surface area (Å²) in [6.45, 7) is 0. The van der Waals surface area contributed by atoms with Crippen LogP contribution in [-0.2, 0) is 0 Å². The third kappa shape index (κ3) is 2.58. The Bertz CT molecular complexity index is 707. The first-order valence-corrected chi connectivity index (χ1v) is 6.24. The van der Waals surface area contributed by atoms with Gasteiger partial charge in [-0.25, -0.2) is 0 Å². The summed E-state index contributed by atoms with van der Waals surface area (Å²) < 4.78 is 0. The summed E-state index contributed by atoms with van der Waals surface area (Å²) in [6.07, 6.45) is 0. The van der Waals surface area contributed by atoms with Crippen molar-refractivity contribution in [3.05, 3.63) is 58.6 Å². The summed E-state index contributed by atoms with van der Waals surface area (Å²) in [5.74, 6) is -0.290. The lowest BCUT2D eigenvalue weighted by atomic mass is 10.1. The van der Waals surface area contributed by atoms with Gasteiger partial charge in [0.15, 0.2) is 0 Å². The van der Waals surface area contributed by atoms with Gasteiger partial charge in [0.1, 0.15) is 6.07 Å². The molecule has 0 fully saturated rings. The number of nitriles is 1. The van der Waals surface area contributed by atoms with Gasteiger partial charge in [0, 0.05) is 17.8 Å². The Labute approximate surface area is 122 Å². The number of para-hydroxylation sites is 1. The molecule has 0 aliphatic rings. The van der Waals surface area contributed by atoms with Crippen molar-refractivity contribution in [2.24, 2.45) is 0 Å². The molecule has 0 spiro atoms. The topological polar surface area (TPSA) is 70.1 Å². The van der Waals surface area contributed by atoms with E-state index in [0.29, 0.717) is 27.5 Å². The number of rotatable bonds is 2. The Balaban J connectivity index is 2.41. The molecule has 5 heteroatoms. The van der Waals surface area contributed by atoms with Crippen LogP contribution in [0.15, 0.2) is 42.5 Å². The van der Waals surface area contributed by atoms with E-state index >= 15 is 0 Å². The largest absolute Gasteiger partial charge is 0.398 e. The minimum atomic E-state index is -0.290. The number of nitrogen functional groups attached to an aromatic ring is 1. The van der Waals surface area contributed by atoms with Crippen LogP contribution in [0.4, 0.5) is 11.4 Å². The van der Waals surface area contributed by atoms with Crippen molar-refractivity contribution in [3.63, 3.8) is 0 Å². The number of nitrogens with two attached hydrogens (primary N) is 1. The Hall–Kier alpha value is -2.51. The van der Waals surface area contributed by atoms with E-state index in [-0.39, 0.29) is 5.91 Å². The van der Waals surface area contributed by atoms with Gasteiger partial charge in [0.2, 0.25) is 0 Å². The van der Waals surface area contributed by atoms with E-state index in [1.165, 1.54) is 11.0 Å². The number of benzene rings is 2. The Kier molecular flexibility index (Phi) is 3.92. The Morgan fingerprint density at radius 2 is 2.00 bits per heavy atom. The van der Waals surface area contributed by atoms with Crippen LogP contribution in [0.5, 0.6) is 0 Å². The number of amides is 1. The molecule has 0 saturated heterocycles. The quantitative estimate of drug-likeness (QED) is 0.862. The fourth-order valence-electron chi connectivity index (χ4n) is 1.88. The zero-order chi connectivity index (χ0) is 14.7. The molecule has 1 amide bonds. The maximum absolute atomic E-state index is 12.4. The lowest BCUT2D eigenvalue weighted by molar-refractivity contribution is 0.0994. The highest BCUT2D eigenvalue weighted by Gasteiger charge is 2.18. The van der Waals surface area contributed by atoms with E-state index in [1.807, 2.05) is 0 Å². The fraction of sp³-hybridized carbons (Fsp3) is 0.0667. The molecule has 0 saturated carbocycles. The van der Waals surface area contributed by atoms with Gasteiger partial charge in [-0.05, 0) is 30.3 Å².